The first-order valence-electron chi connectivity index (χ1n) is 9.59. The third-order valence-corrected chi connectivity index (χ3v) is 5.60. The van der Waals surface area contributed by atoms with E-state index in [-0.39, 0.29) is 11.7 Å². The highest BCUT2D eigenvalue weighted by Crippen LogP contribution is 2.24. The molecule has 0 bridgehead atoms. The van der Waals surface area contributed by atoms with Crippen molar-refractivity contribution >= 4 is 29.1 Å². The number of benzene rings is 1. The van der Waals surface area contributed by atoms with Crippen LogP contribution in [0.1, 0.15) is 28.3 Å². The summed E-state index contributed by atoms with van der Waals surface area (Å²) in [5.41, 5.74) is 6.38. The lowest BCUT2D eigenvalue weighted by Gasteiger charge is -2.07. The lowest BCUT2D eigenvalue weighted by Crippen LogP contribution is -2.15. The van der Waals surface area contributed by atoms with Crippen molar-refractivity contribution in [2.45, 2.75) is 39.8 Å². The number of carbonyl (C=O) groups excluding carboxylic acids is 1. The average molecular weight is 422 g/mol. The number of hydrogen-bond acceptors (Lipinski definition) is 6. The van der Waals surface area contributed by atoms with Crippen molar-refractivity contribution in [3.05, 3.63) is 58.7 Å². The number of aromatic nitrogens is 6. The van der Waals surface area contributed by atoms with E-state index in [9.17, 15) is 4.79 Å². The zero-order chi connectivity index (χ0) is 21.4. The third-order valence-electron chi connectivity index (χ3n) is 4.77. The average Bonchev–Trinajstić information content (AvgIpc) is 3.23. The van der Waals surface area contributed by atoms with Crippen molar-refractivity contribution in [2.24, 2.45) is 0 Å². The molecule has 1 N–H and O–H groups in total. The molecule has 9 heteroatoms. The maximum atomic E-state index is 12.6. The molecule has 0 aliphatic heterocycles. The summed E-state index contributed by atoms with van der Waals surface area (Å²) >= 11 is 1.28. The van der Waals surface area contributed by atoms with E-state index < -0.39 is 0 Å². The van der Waals surface area contributed by atoms with Gasteiger partial charge in [-0.15, -0.1) is 5.10 Å². The molecule has 1 amide bonds. The number of anilines is 1. The van der Waals surface area contributed by atoms with Gasteiger partial charge in [0.05, 0.1) is 28.5 Å². The largest absolute Gasteiger partial charge is 0.322 e. The molecule has 1 aromatic carbocycles. The topological polar surface area (TPSA) is 90.0 Å². The smallest absolute Gasteiger partial charge is 0.253 e. The van der Waals surface area contributed by atoms with Crippen LogP contribution in [-0.2, 0) is 4.79 Å². The summed E-state index contributed by atoms with van der Waals surface area (Å²) in [7, 11) is 0. The molecular formula is C21H23N7OS. The maximum absolute atomic E-state index is 12.6. The number of aryl methyl sites for hydroxylation is 4. The van der Waals surface area contributed by atoms with E-state index in [4.69, 9.17) is 0 Å². The fourth-order valence-corrected chi connectivity index (χ4v) is 3.89. The molecule has 0 unspecified atom stereocenters. The highest BCUT2D eigenvalue weighted by Gasteiger charge is 2.16. The summed E-state index contributed by atoms with van der Waals surface area (Å²) in [5.74, 6) is 0.611. The molecule has 0 saturated heterocycles. The molecule has 0 aliphatic rings. The van der Waals surface area contributed by atoms with Gasteiger partial charge in [0.1, 0.15) is 0 Å². The number of amides is 1. The van der Waals surface area contributed by atoms with Crippen molar-refractivity contribution in [3.8, 4) is 5.69 Å². The molecule has 30 heavy (non-hydrogen) atoms. The summed E-state index contributed by atoms with van der Waals surface area (Å²) in [5, 5.41) is 12.5. The summed E-state index contributed by atoms with van der Waals surface area (Å²) in [6.07, 6.45) is 0. The van der Waals surface area contributed by atoms with Crippen LogP contribution in [0, 0.1) is 34.6 Å². The SMILES string of the molecule is Cc1ccc(-n2nc(C)c(NC(=O)CSc3nc4nc(C)cc(C)n4n3)c2C)cc1. The van der Waals surface area contributed by atoms with E-state index in [0.717, 1.165) is 34.2 Å². The first-order valence-corrected chi connectivity index (χ1v) is 10.6. The number of nitrogens with zero attached hydrogens (tertiary/aromatic N) is 6. The number of fused-ring (bicyclic) bond motifs is 1. The van der Waals surface area contributed by atoms with Gasteiger partial charge in [-0.1, -0.05) is 29.5 Å². The highest BCUT2D eigenvalue weighted by atomic mass is 32.2. The van der Waals surface area contributed by atoms with Crippen LogP contribution in [0.15, 0.2) is 35.5 Å². The predicted molar refractivity (Wildman–Crippen MR) is 117 cm³/mol. The summed E-state index contributed by atoms with van der Waals surface area (Å²) in [4.78, 5) is 21.4. The second-order valence-corrected chi connectivity index (χ2v) is 8.22. The molecule has 154 valence electrons. The van der Waals surface area contributed by atoms with Gasteiger partial charge in [-0.05, 0) is 52.8 Å². The molecule has 0 atom stereocenters. The van der Waals surface area contributed by atoms with Crippen molar-refractivity contribution in [2.75, 3.05) is 11.1 Å². The van der Waals surface area contributed by atoms with Crippen LogP contribution >= 0.6 is 11.8 Å². The van der Waals surface area contributed by atoms with Gasteiger partial charge in [0.15, 0.2) is 0 Å². The fraction of sp³-hybridized carbons (Fsp3) is 0.286. The van der Waals surface area contributed by atoms with Crippen molar-refractivity contribution in [1.82, 2.24) is 29.4 Å². The van der Waals surface area contributed by atoms with Gasteiger partial charge in [-0.3, -0.25) is 4.79 Å². The Balaban J connectivity index is 1.47. The third kappa shape index (κ3) is 3.93. The fourth-order valence-electron chi connectivity index (χ4n) is 3.28. The minimum Gasteiger partial charge on any atom is -0.322 e. The second kappa shape index (κ2) is 7.91. The number of rotatable bonds is 5. The predicted octanol–water partition coefficient (Wildman–Crippen LogP) is 3.58. The van der Waals surface area contributed by atoms with Gasteiger partial charge in [0, 0.05) is 11.4 Å². The standard InChI is InChI=1S/C21H23N7OS/c1-12-6-8-17(9-7-12)28-16(5)19(15(4)25-28)23-18(29)11-30-21-24-20-22-13(2)10-14(3)27(20)26-21/h6-10H,11H2,1-5H3,(H,23,29). The van der Waals surface area contributed by atoms with E-state index in [1.54, 1.807) is 4.52 Å². The van der Waals surface area contributed by atoms with Gasteiger partial charge in [0.25, 0.3) is 5.78 Å². The number of nitrogens with one attached hydrogen (secondary N) is 1. The van der Waals surface area contributed by atoms with Gasteiger partial charge in [-0.25, -0.2) is 14.2 Å². The Morgan fingerprint density at radius 2 is 1.77 bits per heavy atom. The van der Waals surface area contributed by atoms with Crippen molar-refractivity contribution in [1.29, 1.82) is 0 Å². The van der Waals surface area contributed by atoms with Gasteiger partial charge in [0.2, 0.25) is 11.1 Å². The molecule has 3 heterocycles. The van der Waals surface area contributed by atoms with E-state index in [1.165, 1.54) is 17.3 Å². The Labute approximate surface area is 178 Å². The zero-order valence-electron chi connectivity index (χ0n) is 17.6. The van der Waals surface area contributed by atoms with Crippen LogP contribution in [0.2, 0.25) is 0 Å². The second-order valence-electron chi connectivity index (χ2n) is 7.28. The van der Waals surface area contributed by atoms with Crippen LogP contribution in [0.25, 0.3) is 11.5 Å². The Bertz CT molecular complexity index is 1240. The van der Waals surface area contributed by atoms with Crippen LogP contribution < -0.4 is 5.32 Å². The molecule has 4 aromatic rings. The maximum Gasteiger partial charge on any atom is 0.253 e. The molecule has 0 saturated carbocycles. The Morgan fingerprint density at radius 1 is 1.03 bits per heavy atom. The van der Waals surface area contributed by atoms with E-state index >= 15 is 0 Å². The Hall–Kier alpha value is -3.20. The lowest BCUT2D eigenvalue weighted by molar-refractivity contribution is -0.113. The zero-order valence-corrected chi connectivity index (χ0v) is 18.4. The number of hydrogen-bond donors (Lipinski definition) is 1. The van der Waals surface area contributed by atoms with Crippen molar-refractivity contribution < 1.29 is 4.79 Å². The minimum atomic E-state index is -0.130. The Morgan fingerprint density at radius 3 is 2.50 bits per heavy atom. The molecule has 0 aliphatic carbocycles. The first kappa shape index (κ1) is 20.1. The van der Waals surface area contributed by atoms with Gasteiger partial charge in [-0.2, -0.15) is 10.1 Å². The quantitative estimate of drug-likeness (QED) is 0.496. The van der Waals surface area contributed by atoms with Gasteiger partial charge < -0.3 is 5.32 Å². The lowest BCUT2D eigenvalue weighted by atomic mass is 10.2. The van der Waals surface area contributed by atoms with Crippen molar-refractivity contribution in [3.63, 3.8) is 0 Å². The monoisotopic (exact) mass is 421 g/mol. The van der Waals surface area contributed by atoms with E-state index in [0.29, 0.717) is 10.9 Å². The first-order chi connectivity index (χ1) is 14.3. The van der Waals surface area contributed by atoms with E-state index in [1.807, 2.05) is 69.6 Å². The minimum absolute atomic E-state index is 0.130. The normalized spacial score (nSPS) is 11.2. The highest BCUT2D eigenvalue weighted by molar-refractivity contribution is 7.99. The molecule has 3 aromatic heterocycles. The van der Waals surface area contributed by atoms with Crippen LogP contribution in [-0.4, -0.2) is 41.0 Å². The van der Waals surface area contributed by atoms with Crippen LogP contribution in [0.4, 0.5) is 5.69 Å². The van der Waals surface area contributed by atoms with Crippen LogP contribution in [0.5, 0.6) is 0 Å². The molecule has 0 spiro atoms. The summed E-state index contributed by atoms with van der Waals surface area (Å²) in [6.45, 7) is 9.76. The molecule has 0 fully saturated rings. The summed E-state index contributed by atoms with van der Waals surface area (Å²) in [6, 6.07) is 10.1. The van der Waals surface area contributed by atoms with E-state index in [2.05, 4.69) is 25.5 Å². The molecule has 0 radical (unpaired) electrons. The molecular weight excluding hydrogens is 398 g/mol. The molecule has 4 rings (SSSR count). The number of thioether (sulfide) groups is 1. The number of carbonyl (C=O) groups is 1. The van der Waals surface area contributed by atoms with Crippen LogP contribution in [0.3, 0.4) is 0 Å². The summed E-state index contributed by atoms with van der Waals surface area (Å²) < 4.78 is 3.53. The molecule has 8 nitrogen and oxygen atoms in total. The van der Waals surface area contributed by atoms with Gasteiger partial charge >= 0.3 is 0 Å². The Kier molecular flexibility index (Phi) is 5.29.